The van der Waals surface area contributed by atoms with Crippen molar-refractivity contribution in [1.29, 1.82) is 0 Å². The summed E-state index contributed by atoms with van der Waals surface area (Å²) in [5.41, 5.74) is 1.88. The molecule has 36 heavy (non-hydrogen) atoms. The number of amides is 1. The number of hydrazine groups is 1. The highest BCUT2D eigenvalue weighted by atomic mass is 32.1. The van der Waals surface area contributed by atoms with Crippen LogP contribution in [0.5, 0.6) is 0 Å². The van der Waals surface area contributed by atoms with Gasteiger partial charge in [0, 0.05) is 19.1 Å². The van der Waals surface area contributed by atoms with Crippen LogP contribution < -0.4 is 21.9 Å². The molecule has 0 radical (unpaired) electrons. The van der Waals surface area contributed by atoms with Crippen LogP contribution in [-0.4, -0.2) is 50.8 Å². The van der Waals surface area contributed by atoms with Crippen molar-refractivity contribution < 1.29 is 4.79 Å². The number of thiazole rings is 1. The number of carbonyl (C=O) groups excluding carboxylic acids is 1. The summed E-state index contributed by atoms with van der Waals surface area (Å²) in [6.07, 6.45) is 3.98. The van der Waals surface area contributed by atoms with Crippen LogP contribution in [0.4, 0.5) is 10.9 Å². The summed E-state index contributed by atoms with van der Waals surface area (Å²) < 4.78 is 0.929. The molecule has 3 aromatic rings. The Morgan fingerprint density at radius 3 is 2.58 bits per heavy atom. The van der Waals surface area contributed by atoms with Crippen LogP contribution in [0.1, 0.15) is 63.6 Å². The van der Waals surface area contributed by atoms with Crippen molar-refractivity contribution >= 4 is 44.2 Å². The highest BCUT2D eigenvalue weighted by molar-refractivity contribution is 7.22. The number of fused-ring (bicyclic) bond motifs is 1. The standard InChI is InChI=1S/C25H35N9OS/c1-15(2)34(27)22(32-26)17-7-6-8-21(29-17)31-23(35)18-13-20-19(14-28-18)30-24(36-20)33-11-9-16(10-12-33)25(3,4)5/h6-8,13-16H,9-12,26-27H2,1-5H3,(H,29,31,35)/b32-22-. The van der Waals surface area contributed by atoms with Gasteiger partial charge in [0.2, 0.25) is 0 Å². The Balaban J connectivity index is 1.47. The zero-order valence-electron chi connectivity index (χ0n) is 21.5. The van der Waals surface area contributed by atoms with Gasteiger partial charge in [-0.1, -0.05) is 38.2 Å². The molecular formula is C25H35N9OS. The van der Waals surface area contributed by atoms with Gasteiger partial charge < -0.3 is 16.1 Å². The SMILES string of the molecule is CC(C)N(N)/C(=N\N)c1cccc(NC(=O)c2cc3sc(N4CCC(C(C)(C)C)CC4)nc3cn2)n1. The van der Waals surface area contributed by atoms with Crippen molar-refractivity contribution in [1.82, 2.24) is 20.0 Å². The Morgan fingerprint density at radius 2 is 1.94 bits per heavy atom. The molecule has 1 amide bonds. The lowest BCUT2D eigenvalue weighted by molar-refractivity contribution is 0.102. The first kappa shape index (κ1) is 25.8. The van der Waals surface area contributed by atoms with Crippen molar-refractivity contribution in [2.75, 3.05) is 23.3 Å². The smallest absolute Gasteiger partial charge is 0.275 e. The quantitative estimate of drug-likeness (QED) is 0.204. The first-order chi connectivity index (χ1) is 17.1. The number of nitrogens with zero attached hydrogens (tertiary/aromatic N) is 6. The van der Waals surface area contributed by atoms with E-state index in [1.807, 2.05) is 13.8 Å². The number of nitrogens with two attached hydrogens (primary N) is 2. The van der Waals surface area contributed by atoms with Crippen LogP contribution in [-0.2, 0) is 0 Å². The monoisotopic (exact) mass is 509 g/mol. The predicted octanol–water partition coefficient (Wildman–Crippen LogP) is 3.81. The minimum atomic E-state index is -0.359. The maximum atomic E-state index is 13.0. The molecule has 4 heterocycles. The van der Waals surface area contributed by atoms with E-state index in [1.54, 1.807) is 41.8 Å². The van der Waals surface area contributed by atoms with Gasteiger partial charge in [-0.2, -0.15) is 5.10 Å². The molecular weight excluding hydrogens is 474 g/mol. The molecule has 1 aliphatic heterocycles. The highest BCUT2D eigenvalue weighted by Crippen LogP contribution is 2.37. The Bertz CT molecular complexity index is 1260. The van der Waals surface area contributed by atoms with Crippen LogP contribution in [0.3, 0.4) is 0 Å². The molecule has 5 N–H and O–H groups in total. The number of anilines is 2. The van der Waals surface area contributed by atoms with Crippen molar-refractivity contribution in [2.45, 2.75) is 53.5 Å². The second-order valence-electron chi connectivity index (χ2n) is 10.5. The van der Waals surface area contributed by atoms with Crippen LogP contribution >= 0.6 is 11.3 Å². The maximum Gasteiger partial charge on any atom is 0.275 e. The van der Waals surface area contributed by atoms with E-state index in [2.05, 4.69) is 46.1 Å². The van der Waals surface area contributed by atoms with E-state index >= 15 is 0 Å². The molecule has 0 aromatic carbocycles. The van der Waals surface area contributed by atoms with Crippen molar-refractivity contribution in [2.24, 2.45) is 28.1 Å². The highest BCUT2D eigenvalue weighted by Gasteiger charge is 2.29. The molecule has 4 rings (SSSR count). The summed E-state index contributed by atoms with van der Waals surface area (Å²) in [6, 6.07) is 6.93. The van der Waals surface area contributed by atoms with Crippen LogP contribution in [0.15, 0.2) is 35.6 Å². The van der Waals surface area contributed by atoms with Gasteiger partial charge in [-0.3, -0.25) is 9.80 Å². The van der Waals surface area contributed by atoms with Crippen molar-refractivity contribution in [3.05, 3.63) is 41.9 Å². The topological polar surface area (TPSA) is 139 Å². The lowest BCUT2D eigenvalue weighted by Crippen LogP contribution is -2.44. The van der Waals surface area contributed by atoms with Crippen molar-refractivity contribution in [3.8, 4) is 0 Å². The summed E-state index contributed by atoms with van der Waals surface area (Å²) in [4.78, 5) is 28.9. The van der Waals surface area contributed by atoms with Gasteiger partial charge >= 0.3 is 0 Å². The van der Waals surface area contributed by atoms with Crippen LogP contribution in [0.25, 0.3) is 10.2 Å². The van der Waals surface area contributed by atoms with Gasteiger partial charge in [-0.05, 0) is 56.2 Å². The first-order valence-electron chi connectivity index (χ1n) is 12.2. The zero-order valence-corrected chi connectivity index (χ0v) is 22.3. The van der Waals surface area contributed by atoms with E-state index in [-0.39, 0.29) is 11.9 Å². The van der Waals surface area contributed by atoms with Gasteiger partial charge in [0.25, 0.3) is 5.91 Å². The van der Waals surface area contributed by atoms with Gasteiger partial charge in [0.05, 0.1) is 10.9 Å². The Hall–Kier alpha value is -3.31. The molecule has 0 aliphatic carbocycles. The van der Waals surface area contributed by atoms with Crippen molar-refractivity contribution in [3.63, 3.8) is 0 Å². The van der Waals surface area contributed by atoms with E-state index in [0.29, 0.717) is 28.5 Å². The Labute approximate surface area is 215 Å². The molecule has 3 aromatic heterocycles. The van der Waals surface area contributed by atoms with E-state index in [0.717, 1.165) is 47.2 Å². The number of hydrogen-bond acceptors (Lipinski definition) is 9. The summed E-state index contributed by atoms with van der Waals surface area (Å²) >= 11 is 1.60. The minimum Gasteiger partial charge on any atom is -0.348 e. The summed E-state index contributed by atoms with van der Waals surface area (Å²) in [5.74, 6) is 12.6. The summed E-state index contributed by atoms with van der Waals surface area (Å²) in [5, 5.41) is 8.98. The average molecular weight is 510 g/mol. The molecule has 1 fully saturated rings. The normalized spacial score (nSPS) is 15.5. The third kappa shape index (κ3) is 5.57. The van der Waals surface area contributed by atoms with E-state index in [9.17, 15) is 4.79 Å². The molecule has 0 spiro atoms. The zero-order chi connectivity index (χ0) is 26.0. The van der Waals surface area contributed by atoms with E-state index in [4.69, 9.17) is 16.7 Å². The number of carbonyl (C=O) groups is 1. The summed E-state index contributed by atoms with van der Waals surface area (Å²) in [7, 11) is 0. The average Bonchev–Trinajstić information content (AvgIpc) is 3.27. The predicted molar refractivity (Wildman–Crippen MR) is 146 cm³/mol. The van der Waals surface area contributed by atoms with E-state index < -0.39 is 0 Å². The van der Waals surface area contributed by atoms with E-state index in [1.165, 1.54) is 5.01 Å². The number of nitrogens with one attached hydrogen (secondary N) is 1. The fourth-order valence-corrected chi connectivity index (χ4v) is 5.36. The number of amidine groups is 1. The van der Waals surface area contributed by atoms with Gasteiger partial charge in [0.1, 0.15) is 22.7 Å². The third-order valence-corrected chi connectivity index (χ3v) is 7.71. The Kier molecular flexibility index (Phi) is 7.41. The fraction of sp³-hybridized carbons (Fsp3) is 0.480. The van der Waals surface area contributed by atoms with Gasteiger partial charge in [0.15, 0.2) is 11.0 Å². The van der Waals surface area contributed by atoms with Gasteiger partial charge in [-0.25, -0.2) is 20.8 Å². The minimum absolute atomic E-state index is 0.0302. The number of pyridine rings is 2. The first-order valence-corrected chi connectivity index (χ1v) is 13.0. The number of rotatable bonds is 5. The second kappa shape index (κ2) is 10.4. The summed E-state index contributed by atoms with van der Waals surface area (Å²) in [6.45, 7) is 12.8. The second-order valence-corrected chi connectivity index (χ2v) is 11.5. The largest absolute Gasteiger partial charge is 0.348 e. The molecule has 192 valence electrons. The third-order valence-electron chi connectivity index (χ3n) is 6.63. The Morgan fingerprint density at radius 1 is 1.22 bits per heavy atom. The van der Waals surface area contributed by atoms with Crippen LogP contribution in [0.2, 0.25) is 0 Å². The molecule has 1 aliphatic rings. The maximum absolute atomic E-state index is 13.0. The number of aromatic nitrogens is 3. The lowest BCUT2D eigenvalue weighted by Gasteiger charge is -2.38. The number of hydrogen-bond donors (Lipinski definition) is 3. The van der Waals surface area contributed by atoms with Crippen LogP contribution in [0, 0.1) is 11.3 Å². The fourth-order valence-electron chi connectivity index (χ4n) is 4.33. The lowest BCUT2D eigenvalue weighted by atomic mass is 9.75. The molecule has 0 unspecified atom stereocenters. The molecule has 0 saturated carbocycles. The molecule has 11 heteroatoms. The molecule has 10 nitrogen and oxygen atoms in total. The number of piperidine rings is 1. The molecule has 1 saturated heterocycles. The van der Waals surface area contributed by atoms with Gasteiger partial charge in [-0.15, -0.1) is 0 Å². The molecule has 0 atom stereocenters. The molecule has 0 bridgehead atoms. The number of hydrazone groups is 1.